The molecular weight excluding hydrogens is 196 g/mol. The van der Waals surface area contributed by atoms with E-state index in [1.807, 2.05) is 7.05 Å². The third kappa shape index (κ3) is 3.95. The van der Waals surface area contributed by atoms with E-state index in [1.165, 1.54) is 11.1 Å². The van der Waals surface area contributed by atoms with Crippen molar-refractivity contribution in [2.75, 3.05) is 20.8 Å². The summed E-state index contributed by atoms with van der Waals surface area (Å²) in [5, 5.41) is 3.15. The summed E-state index contributed by atoms with van der Waals surface area (Å²) in [4.78, 5) is 2.26. The second kappa shape index (κ2) is 5.46. The Morgan fingerprint density at radius 1 is 1.12 bits per heavy atom. The smallest absolute Gasteiger partial charge is 0.0478 e. The highest BCUT2D eigenvalue weighted by atomic mass is 15.2. The summed E-state index contributed by atoms with van der Waals surface area (Å²) >= 11 is 0. The fourth-order valence-electron chi connectivity index (χ4n) is 1.75. The Morgan fingerprint density at radius 3 is 2.12 bits per heavy atom. The molecule has 0 aliphatic heterocycles. The Hall–Kier alpha value is -0.860. The van der Waals surface area contributed by atoms with E-state index in [4.69, 9.17) is 0 Å². The van der Waals surface area contributed by atoms with E-state index in [1.54, 1.807) is 0 Å². The highest BCUT2D eigenvalue weighted by molar-refractivity contribution is 5.27. The van der Waals surface area contributed by atoms with Gasteiger partial charge in [0.25, 0.3) is 0 Å². The van der Waals surface area contributed by atoms with E-state index in [-0.39, 0.29) is 5.41 Å². The molecule has 0 bridgehead atoms. The van der Waals surface area contributed by atoms with Crippen LogP contribution in [0.4, 0.5) is 0 Å². The first kappa shape index (κ1) is 13.2. The van der Waals surface area contributed by atoms with Crippen molar-refractivity contribution in [3.63, 3.8) is 0 Å². The van der Waals surface area contributed by atoms with Crippen LogP contribution in [0, 0.1) is 0 Å². The molecule has 0 fully saturated rings. The van der Waals surface area contributed by atoms with Crippen LogP contribution in [0.25, 0.3) is 0 Å². The molecule has 90 valence electrons. The Kier molecular flexibility index (Phi) is 4.51. The highest BCUT2D eigenvalue weighted by Gasteiger charge is 2.12. The monoisotopic (exact) mass is 220 g/mol. The third-order valence-electron chi connectivity index (χ3n) is 2.70. The van der Waals surface area contributed by atoms with Crippen molar-refractivity contribution in [1.29, 1.82) is 0 Å². The lowest BCUT2D eigenvalue weighted by molar-refractivity contribution is 0.310. The molecule has 2 nitrogen and oxygen atoms in total. The predicted octanol–water partition coefficient (Wildman–Crippen LogP) is 2.59. The standard InChI is InChI=1S/C14H24N2/c1-14(2,3)13-8-6-12(7-9-13)10-16(5)11-15-4/h6-9,15H,10-11H2,1-5H3. The molecule has 0 aliphatic carbocycles. The number of nitrogens with one attached hydrogen (secondary N) is 1. The molecule has 0 aliphatic rings. The van der Waals surface area contributed by atoms with Gasteiger partial charge in [-0.05, 0) is 30.6 Å². The Balaban J connectivity index is 2.65. The number of benzene rings is 1. The third-order valence-corrected chi connectivity index (χ3v) is 2.70. The molecule has 0 spiro atoms. The number of hydrogen-bond donors (Lipinski definition) is 1. The van der Waals surface area contributed by atoms with E-state index in [2.05, 4.69) is 62.3 Å². The van der Waals surface area contributed by atoms with Gasteiger partial charge in [-0.25, -0.2) is 0 Å². The normalized spacial score (nSPS) is 12.1. The molecule has 0 saturated carbocycles. The first-order chi connectivity index (χ1) is 7.43. The van der Waals surface area contributed by atoms with Gasteiger partial charge in [0.2, 0.25) is 0 Å². The van der Waals surface area contributed by atoms with Crippen LogP contribution in [0.1, 0.15) is 31.9 Å². The maximum absolute atomic E-state index is 3.15. The Bertz CT molecular complexity index is 309. The molecule has 0 unspecified atom stereocenters. The lowest BCUT2D eigenvalue weighted by atomic mass is 9.87. The van der Waals surface area contributed by atoms with Crippen LogP contribution in [0.15, 0.2) is 24.3 Å². The zero-order valence-corrected chi connectivity index (χ0v) is 11.2. The van der Waals surface area contributed by atoms with Gasteiger partial charge in [-0.3, -0.25) is 4.90 Å². The van der Waals surface area contributed by atoms with E-state index < -0.39 is 0 Å². The van der Waals surface area contributed by atoms with Gasteiger partial charge in [-0.15, -0.1) is 0 Å². The minimum Gasteiger partial charge on any atom is -0.307 e. The Labute approximate surface area is 99.7 Å². The molecular formula is C14H24N2. The van der Waals surface area contributed by atoms with Crippen LogP contribution in [-0.2, 0) is 12.0 Å². The molecule has 0 heterocycles. The summed E-state index contributed by atoms with van der Waals surface area (Å²) in [6.45, 7) is 8.64. The van der Waals surface area contributed by atoms with Crippen LogP contribution >= 0.6 is 0 Å². The minimum absolute atomic E-state index is 0.245. The van der Waals surface area contributed by atoms with Gasteiger partial charge >= 0.3 is 0 Å². The average Bonchev–Trinajstić information content (AvgIpc) is 2.17. The van der Waals surface area contributed by atoms with Crippen molar-refractivity contribution in [1.82, 2.24) is 10.2 Å². The largest absolute Gasteiger partial charge is 0.307 e. The predicted molar refractivity (Wildman–Crippen MR) is 70.5 cm³/mol. The molecule has 16 heavy (non-hydrogen) atoms. The van der Waals surface area contributed by atoms with Gasteiger partial charge in [0.1, 0.15) is 0 Å². The summed E-state index contributed by atoms with van der Waals surface area (Å²) in [6.07, 6.45) is 0. The maximum atomic E-state index is 3.15. The van der Waals surface area contributed by atoms with Gasteiger partial charge in [0.05, 0.1) is 0 Å². The highest BCUT2D eigenvalue weighted by Crippen LogP contribution is 2.22. The van der Waals surface area contributed by atoms with Gasteiger partial charge < -0.3 is 5.32 Å². The zero-order chi connectivity index (χ0) is 12.2. The fraction of sp³-hybridized carbons (Fsp3) is 0.571. The minimum atomic E-state index is 0.245. The quantitative estimate of drug-likeness (QED) is 0.785. The lowest BCUT2D eigenvalue weighted by Crippen LogP contribution is -2.28. The van der Waals surface area contributed by atoms with Crippen LogP contribution in [-0.4, -0.2) is 25.7 Å². The van der Waals surface area contributed by atoms with Gasteiger partial charge in [0.15, 0.2) is 0 Å². The molecule has 1 aromatic carbocycles. The van der Waals surface area contributed by atoms with Crippen LogP contribution < -0.4 is 5.32 Å². The van der Waals surface area contributed by atoms with Gasteiger partial charge in [-0.2, -0.15) is 0 Å². The zero-order valence-electron chi connectivity index (χ0n) is 11.2. The topological polar surface area (TPSA) is 15.3 Å². The van der Waals surface area contributed by atoms with Gasteiger partial charge in [-0.1, -0.05) is 45.0 Å². The summed E-state index contributed by atoms with van der Waals surface area (Å²) < 4.78 is 0. The molecule has 0 radical (unpaired) electrons. The summed E-state index contributed by atoms with van der Waals surface area (Å²) in [7, 11) is 4.09. The van der Waals surface area contributed by atoms with Gasteiger partial charge in [0, 0.05) is 13.2 Å². The van der Waals surface area contributed by atoms with Crippen LogP contribution in [0.3, 0.4) is 0 Å². The molecule has 1 rings (SSSR count). The summed E-state index contributed by atoms with van der Waals surface area (Å²) in [6, 6.07) is 8.94. The summed E-state index contributed by atoms with van der Waals surface area (Å²) in [5.41, 5.74) is 3.01. The van der Waals surface area contributed by atoms with Crippen LogP contribution in [0.5, 0.6) is 0 Å². The molecule has 0 amide bonds. The number of hydrogen-bond acceptors (Lipinski definition) is 2. The van der Waals surface area contributed by atoms with Crippen molar-refractivity contribution in [3.05, 3.63) is 35.4 Å². The Morgan fingerprint density at radius 2 is 1.69 bits per heavy atom. The average molecular weight is 220 g/mol. The van der Waals surface area contributed by atoms with Crippen LogP contribution in [0.2, 0.25) is 0 Å². The lowest BCUT2D eigenvalue weighted by Gasteiger charge is -2.20. The molecule has 1 N–H and O–H groups in total. The molecule has 1 aromatic rings. The van der Waals surface area contributed by atoms with Crippen molar-refractivity contribution < 1.29 is 0 Å². The van der Waals surface area contributed by atoms with Crippen molar-refractivity contribution in [2.24, 2.45) is 0 Å². The second-order valence-electron chi connectivity index (χ2n) is 5.47. The fourth-order valence-corrected chi connectivity index (χ4v) is 1.75. The van der Waals surface area contributed by atoms with E-state index in [9.17, 15) is 0 Å². The second-order valence-corrected chi connectivity index (χ2v) is 5.47. The SMILES string of the molecule is CNCN(C)Cc1ccc(C(C)(C)C)cc1. The number of rotatable bonds is 4. The molecule has 0 saturated heterocycles. The van der Waals surface area contributed by atoms with Crippen molar-refractivity contribution in [3.8, 4) is 0 Å². The van der Waals surface area contributed by atoms with E-state index >= 15 is 0 Å². The first-order valence-corrected chi connectivity index (χ1v) is 5.86. The first-order valence-electron chi connectivity index (χ1n) is 5.86. The summed E-state index contributed by atoms with van der Waals surface area (Å²) in [5.74, 6) is 0. The molecule has 0 aromatic heterocycles. The van der Waals surface area contributed by atoms with Crippen molar-refractivity contribution in [2.45, 2.75) is 32.7 Å². The van der Waals surface area contributed by atoms with Crippen molar-refractivity contribution >= 4 is 0 Å². The number of nitrogens with zero attached hydrogens (tertiary/aromatic N) is 1. The van der Waals surface area contributed by atoms with E-state index in [0.717, 1.165) is 13.2 Å². The maximum Gasteiger partial charge on any atom is 0.0478 e. The molecule has 2 heteroatoms. The van der Waals surface area contributed by atoms with E-state index in [0.29, 0.717) is 0 Å². The molecule has 0 atom stereocenters.